The van der Waals surface area contributed by atoms with E-state index in [-0.39, 0.29) is 30.7 Å². The third-order valence-corrected chi connectivity index (χ3v) is 4.52. The van der Waals surface area contributed by atoms with Gasteiger partial charge in [-0.3, -0.25) is 4.79 Å². The van der Waals surface area contributed by atoms with Crippen LogP contribution in [0.5, 0.6) is 0 Å². The molecule has 1 aliphatic heterocycles. The molecule has 1 aliphatic rings. The first kappa shape index (κ1) is 20.1. The quantitative estimate of drug-likeness (QED) is 0.839. The van der Waals surface area contributed by atoms with Crippen molar-refractivity contribution in [2.75, 3.05) is 18.8 Å². The molecule has 3 rings (SSSR count). The molecular weight excluding hydrogens is 355 g/mol. The van der Waals surface area contributed by atoms with Gasteiger partial charge in [0.2, 0.25) is 5.91 Å². The summed E-state index contributed by atoms with van der Waals surface area (Å²) in [5.74, 6) is 1.37. The minimum Gasteiger partial charge on any atom is -0.351 e. The van der Waals surface area contributed by atoms with Gasteiger partial charge in [-0.15, -0.1) is 36.6 Å². The molecule has 1 saturated heterocycles. The maximum Gasteiger partial charge on any atom is 0.230 e. The molecule has 2 aromatic heterocycles. The first-order valence-electron chi connectivity index (χ1n) is 7.23. The second-order valence-corrected chi connectivity index (χ2v) is 6.44. The topological polar surface area (TPSA) is 58.4 Å². The predicted octanol–water partition coefficient (Wildman–Crippen LogP) is 2.20. The third kappa shape index (κ3) is 5.57. The van der Waals surface area contributed by atoms with Gasteiger partial charge in [-0.2, -0.15) is 0 Å². The Bertz CT molecular complexity index is 643. The summed E-state index contributed by atoms with van der Waals surface area (Å²) in [6.45, 7) is 3.96. The number of rotatable bonds is 5. The van der Waals surface area contributed by atoms with Gasteiger partial charge in [-0.05, 0) is 31.5 Å². The van der Waals surface area contributed by atoms with Gasteiger partial charge in [0, 0.05) is 30.7 Å². The summed E-state index contributed by atoms with van der Waals surface area (Å²) in [4.78, 5) is 16.4. The number of carbonyl (C=O) groups is 1. The highest BCUT2D eigenvalue weighted by Gasteiger charge is 2.16. The molecule has 3 heterocycles. The summed E-state index contributed by atoms with van der Waals surface area (Å²) in [6, 6.07) is 4.38. The number of fused-ring (bicyclic) bond motifs is 1. The average molecular weight is 377 g/mol. The third-order valence-electron chi connectivity index (χ3n) is 3.56. The Hall–Kier alpha value is -0.950. The van der Waals surface area contributed by atoms with Crippen LogP contribution in [0.3, 0.4) is 0 Å². The zero-order valence-electron chi connectivity index (χ0n) is 12.9. The summed E-state index contributed by atoms with van der Waals surface area (Å²) in [6.07, 6.45) is 5.13. The molecule has 2 N–H and O–H groups in total. The number of nitrogens with zero attached hydrogens (tertiary/aromatic N) is 2. The van der Waals surface area contributed by atoms with Gasteiger partial charge in [-0.1, -0.05) is 6.07 Å². The molecule has 0 spiro atoms. The Kier molecular flexibility index (Phi) is 8.19. The molecule has 0 aliphatic carbocycles. The highest BCUT2D eigenvalue weighted by Crippen LogP contribution is 2.13. The van der Waals surface area contributed by atoms with Gasteiger partial charge in [0.25, 0.3) is 0 Å². The Morgan fingerprint density at radius 2 is 2.26 bits per heavy atom. The Morgan fingerprint density at radius 3 is 3.00 bits per heavy atom. The fourth-order valence-electron chi connectivity index (χ4n) is 2.52. The van der Waals surface area contributed by atoms with E-state index in [4.69, 9.17) is 0 Å². The smallest absolute Gasteiger partial charge is 0.230 e. The molecule has 0 saturated carbocycles. The number of aromatic nitrogens is 2. The van der Waals surface area contributed by atoms with Crippen molar-refractivity contribution in [3.05, 3.63) is 35.8 Å². The lowest BCUT2D eigenvalue weighted by Gasteiger charge is -2.10. The summed E-state index contributed by atoms with van der Waals surface area (Å²) < 4.78 is 2.04. The lowest BCUT2D eigenvalue weighted by Crippen LogP contribution is -2.37. The number of aryl methyl sites for hydroxylation is 1. The van der Waals surface area contributed by atoms with E-state index in [2.05, 4.69) is 34.8 Å². The number of imidazole rings is 1. The van der Waals surface area contributed by atoms with Crippen LogP contribution in [-0.2, 0) is 10.5 Å². The van der Waals surface area contributed by atoms with Gasteiger partial charge in [0.05, 0.1) is 11.4 Å². The standard InChI is InChI=1S/C15H20N4OS.2ClH/c1-11-2-3-14-17-13(8-19(14)7-11)9-21-10-15(20)18-12-4-5-16-6-12;;/h2-3,7-8,12,16H,4-6,9-10H2,1H3,(H,18,20);2*1H. The maximum absolute atomic E-state index is 11.8. The number of hydrogen-bond donors (Lipinski definition) is 2. The largest absolute Gasteiger partial charge is 0.351 e. The average Bonchev–Trinajstić information content (AvgIpc) is 3.07. The molecule has 1 fully saturated rings. The highest BCUT2D eigenvalue weighted by atomic mass is 35.5. The number of nitrogens with one attached hydrogen (secondary N) is 2. The molecular formula is C15H22Cl2N4OS. The van der Waals surface area contributed by atoms with Crippen LogP contribution in [0.15, 0.2) is 24.5 Å². The zero-order valence-corrected chi connectivity index (χ0v) is 15.4. The van der Waals surface area contributed by atoms with Crippen LogP contribution in [0, 0.1) is 6.92 Å². The lowest BCUT2D eigenvalue weighted by molar-refractivity contribution is -0.119. The van der Waals surface area contributed by atoms with E-state index in [0.717, 1.165) is 36.6 Å². The van der Waals surface area contributed by atoms with E-state index in [1.807, 2.05) is 16.7 Å². The SMILES string of the molecule is Cc1ccc2nc(CSCC(=O)NC3CCNC3)cn2c1.Cl.Cl. The van der Waals surface area contributed by atoms with Crippen molar-refractivity contribution in [2.45, 2.75) is 25.1 Å². The molecule has 5 nitrogen and oxygen atoms in total. The van der Waals surface area contributed by atoms with Gasteiger partial charge in [0.1, 0.15) is 5.65 Å². The number of thioether (sulfide) groups is 1. The van der Waals surface area contributed by atoms with Crippen LogP contribution in [0.25, 0.3) is 5.65 Å². The first-order valence-corrected chi connectivity index (χ1v) is 8.38. The number of halogens is 2. The van der Waals surface area contributed by atoms with Gasteiger partial charge < -0.3 is 15.0 Å². The molecule has 0 radical (unpaired) electrons. The highest BCUT2D eigenvalue weighted by molar-refractivity contribution is 7.99. The van der Waals surface area contributed by atoms with Crippen molar-refractivity contribution in [3.63, 3.8) is 0 Å². The second kappa shape index (κ2) is 9.37. The van der Waals surface area contributed by atoms with Crippen molar-refractivity contribution in [2.24, 2.45) is 0 Å². The minimum absolute atomic E-state index is 0. The summed E-state index contributed by atoms with van der Waals surface area (Å²) >= 11 is 1.61. The van der Waals surface area contributed by atoms with Crippen LogP contribution < -0.4 is 10.6 Å². The van der Waals surface area contributed by atoms with Crippen LogP contribution in [0.2, 0.25) is 0 Å². The summed E-state index contributed by atoms with van der Waals surface area (Å²) in [5.41, 5.74) is 3.18. The molecule has 1 atom stereocenters. The molecule has 23 heavy (non-hydrogen) atoms. The molecule has 0 bridgehead atoms. The molecule has 1 amide bonds. The molecule has 0 aromatic carbocycles. The lowest BCUT2D eigenvalue weighted by atomic mass is 10.3. The molecule has 1 unspecified atom stereocenters. The van der Waals surface area contributed by atoms with Crippen LogP contribution >= 0.6 is 36.6 Å². The number of amides is 1. The van der Waals surface area contributed by atoms with Gasteiger partial charge in [-0.25, -0.2) is 4.98 Å². The minimum atomic E-state index is 0. The Labute approximate surface area is 152 Å². The fraction of sp³-hybridized carbons (Fsp3) is 0.467. The van der Waals surface area contributed by atoms with E-state index >= 15 is 0 Å². The fourth-order valence-corrected chi connectivity index (χ4v) is 3.24. The molecule has 8 heteroatoms. The van der Waals surface area contributed by atoms with Crippen molar-refractivity contribution in [1.82, 2.24) is 20.0 Å². The first-order chi connectivity index (χ1) is 10.2. The van der Waals surface area contributed by atoms with Gasteiger partial charge in [0.15, 0.2) is 0 Å². The summed E-state index contributed by atoms with van der Waals surface area (Å²) in [5, 5.41) is 6.30. The van der Waals surface area contributed by atoms with E-state index < -0.39 is 0 Å². The van der Waals surface area contributed by atoms with E-state index in [1.165, 1.54) is 5.56 Å². The Balaban J connectivity index is 0.00000132. The Morgan fingerprint density at radius 1 is 1.43 bits per heavy atom. The normalized spacial score (nSPS) is 16.7. The number of carbonyl (C=O) groups excluding carboxylic acids is 1. The molecule has 2 aromatic rings. The van der Waals surface area contributed by atoms with Crippen molar-refractivity contribution in [3.8, 4) is 0 Å². The van der Waals surface area contributed by atoms with Crippen LogP contribution in [0.4, 0.5) is 0 Å². The van der Waals surface area contributed by atoms with Crippen molar-refractivity contribution in [1.29, 1.82) is 0 Å². The van der Waals surface area contributed by atoms with Gasteiger partial charge >= 0.3 is 0 Å². The second-order valence-electron chi connectivity index (χ2n) is 5.45. The number of hydrogen-bond acceptors (Lipinski definition) is 4. The monoisotopic (exact) mass is 376 g/mol. The van der Waals surface area contributed by atoms with Crippen molar-refractivity contribution < 1.29 is 4.79 Å². The molecule has 128 valence electrons. The maximum atomic E-state index is 11.8. The van der Waals surface area contributed by atoms with E-state index in [9.17, 15) is 4.79 Å². The number of pyridine rings is 1. The van der Waals surface area contributed by atoms with Crippen LogP contribution in [-0.4, -0.2) is 40.2 Å². The van der Waals surface area contributed by atoms with E-state index in [1.54, 1.807) is 11.8 Å². The van der Waals surface area contributed by atoms with Crippen molar-refractivity contribution >= 4 is 48.1 Å². The van der Waals surface area contributed by atoms with Crippen LogP contribution in [0.1, 0.15) is 17.7 Å². The summed E-state index contributed by atoms with van der Waals surface area (Å²) in [7, 11) is 0. The zero-order chi connectivity index (χ0) is 14.7. The van der Waals surface area contributed by atoms with E-state index in [0.29, 0.717) is 11.8 Å². The predicted molar refractivity (Wildman–Crippen MR) is 100 cm³/mol.